The second-order valence-electron chi connectivity index (χ2n) is 9.76. The van der Waals surface area contributed by atoms with Gasteiger partial charge in [-0.25, -0.2) is 4.90 Å². The lowest BCUT2D eigenvalue weighted by Crippen LogP contribution is -2.35. The number of thiophene rings is 1. The van der Waals surface area contributed by atoms with Crippen molar-refractivity contribution < 1.29 is 19.1 Å². The van der Waals surface area contributed by atoms with E-state index >= 15 is 0 Å². The van der Waals surface area contributed by atoms with Crippen LogP contribution >= 0.6 is 11.3 Å². The molecule has 2 N–H and O–H groups in total. The van der Waals surface area contributed by atoms with Gasteiger partial charge in [0.2, 0.25) is 11.8 Å². The van der Waals surface area contributed by atoms with E-state index in [9.17, 15) is 14.4 Å². The normalized spacial score (nSPS) is 27.3. The predicted molar refractivity (Wildman–Crippen MR) is 119 cm³/mol. The minimum absolute atomic E-state index is 0.00744. The zero-order valence-electron chi connectivity index (χ0n) is 18.1. The van der Waals surface area contributed by atoms with Crippen LogP contribution in [-0.2, 0) is 19.7 Å². The molecule has 2 aromatic rings. The van der Waals surface area contributed by atoms with Crippen LogP contribution in [0.2, 0.25) is 0 Å². The van der Waals surface area contributed by atoms with Gasteiger partial charge in [-0.15, -0.1) is 11.3 Å². The Hall–Kier alpha value is -2.51. The number of nitrogens with two attached hydrogens (primary N) is 1. The average molecular weight is 439 g/mol. The summed E-state index contributed by atoms with van der Waals surface area (Å²) in [6.07, 6.45) is 1.21. The Labute approximate surface area is 185 Å². The first-order chi connectivity index (χ1) is 14.6. The fraction of sp³-hybridized carbons (Fsp3) is 0.458. The largest absolute Gasteiger partial charge is 0.373 e. The first-order valence-electron chi connectivity index (χ1n) is 10.7. The van der Waals surface area contributed by atoms with Crippen molar-refractivity contribution in [2.45, 2.75) is 58.2 Å². The molecule has 4 atom stereocenters. The minimum Gasteiger partial charge on any atom is -0.373 e. The van der Waals surface area contributed by atoms with Gasteiger partial charge in [0, 0.05) is 10.4 Å². The number of carbonyl (C=O) groups is 3. The van der Waals surface area contributed by atoms with Crippen LogP contribution in [-0.4, -0.2) is 29.9 Å². The van der Waals surface area contributed by atoms with Crippen molar-refractivity contribution in [3.63, 3.8) is 0 Å². The fourth-order valence-corrected chi connectivity index (χ4v) is 6.50. The van der Waals surface area contributed by atoms with E-state index in [4.69, 9.17) is 10.5 Å². The van der Waals surface area contributed by atoms with Crippen LogP contribution in [0.1, 0.15) is 54.4 Å². The number of fused-ring (bicyclic) bond motifs is 5. The molecule has 0 saturated carbocycles. The molecule has 1 aromatic carbocycles. The summed E-state index contributed by atoms with van der Waals surface area (Å²) in [5, 5.41) is 0.351. The molecule has 3 saturated heterocycles. The number of ether oxygens (including phenoxy) is 1. The molecule has 0 aliphatic carbocycles. The van der Waals surface area contributed by atoms with Crippen molar-refractivity contribution in [3.8, 4) is 11.1 Å². The number of nitrogens with zero attached hydrogens (tertiary/aromatic N) is 1. The van der Waals surface area contributed by atoms with Crippen LogP contribution in [0.15, 0.2) is 24.3 Å². The molecular weight excluding hydrogens is 412 g/mol. The summed E-state index contributed by atoms with van der Waals surface area (Å²) >= 11 is 1.28. The molecule has 1 aromatic heterocycles. The second-order valence-corrected chi connectivity index (χ2v) is 11.0. The molecule has 3 amide bonds. The summed E-state index contributed by atoms with van der Waals surface area (Å²) < 4.78 is 5.82. The number of imide groups is 1. The third-order valence-electron chi connectivity index (χ3n) is 6.84. The molecule has 4 heterocycles. The van der Waals surface area contributed by atoms with E-state index in [1.165, 1.54) is 21.8 Å². The number of benzene rings is 1. The molecule has 0 spiro atoms. The van der Waals surface area contributed by atoms with E-state index < -0.39 is 17.7 Å². The maximum absolute atomic E-state index is 13.3. The molecule has 5 rings (SSSR count). The monoisotopic (exact) mass is 438 g/mol. The van der Waals surface area contributed by atoms with Gasteiger partial charge in [-0.1, -0.05) is 45.0 Å². The Morgan fingerprint density at radius 2 is 1.61 bits per heavy atom. The molecule has 6 nitrogen and oxygen atoms in total. The topological polar surface area (TPSA) is 89.7 Å². The summed E-state index contributed by atoms with van der Waals surface area (Å²) in [5.41, 5.74) is 8.79. The number of aryl methyl sites for hydroxylation is 1. The van der Waals surface area contributed by atoms with Crippen LogP contribution < -0.4 is 10.6 Å². The molecule has 0 unspecified atom stereocenters. The first kappa shape index (κ1) is 20.4. The SMILES string of the molecule is Cc1sc(N2C(=O)[C@@H]3[C@H](C2=O)[C@H]2CC[C@@H]3O2)c(C(N)=O)c1-c1ccc(C(C)(C)C)cc1. The van der Waals surface area contributed by atoms with Gasteiger partial charge in [-0.3, -0.25) is 14.4 Å². The highest BCUT2D eigenvalue weighted by molar-refractivity contribution is 7.17. The van der Waals surface area contributed by atoms with Gasteiger partial charge in [-0.05, 0) is 36.3 Å². The van der Waals surface area contributed by atoms with E-state index in [0.717, 1.165) is 23.3 Å². The molecule has 3 aliphatic heterocycles. The van der Waals surface area contributed by atoms with Crippen LogP contribution in [0.3, 0.4) is 0 Å². The summed E-state index contributed by atoms with van der Waals surface area (Å²) in [5.74, 6) is -2.04. The zero-order valence-corrected chi connectivity index (χ0v) is 18.9. The number of carbonyl (C=O) groups excluding carboxylic acids is 3. The number of amides is 3. The minimum atomic E-state index is -0.633. The molecular formula is C24H26N2O4S. The van der Waals surface area contributed by atoms with Crippen molar-refractivity contribution in [2.75, 3.05) is 4.90 Å². The average Bonchev–Trinajstić information content (AvgIpc) is 3.43. The van der Waals surface area contributed by atoms with Crippen LogP contribution in [0.4, 0.5) is 5.00 Å². The maximum Gasteiger partial charge on any atom is 0.252 e. The van der Waals surface area contributed by atoms with E-state index in [2.05, 4.69) is 20.8 Å². The summed E-state index contributed by atoms with van der Waals surface area (Å²) in [6, 6.07) is 8.04. The highest BCUT2D eigenvalue weighted by Gasteiger charge is 2.63. The van der Waals surface area contributed by atoms with Gasteiger partial charge in [0.15, 0.2) is 0 Å². The Balaban J connectivity index is 1.60. The first-order valence-corrected chi connectivity index (χ1v) is 11.5. The van der Waals surface area contributed by atoms with Gasteiger partial charge >= 0.3 is 0 Å². The summed E-state index contributed by atoms with van der Waals surface area (Å²) in [6.45, 7) is 8.32. The molecule has 2 bridgehead atoms. The Morgan fingerprint density at radius 1 is 1.06 bits per heavy atom. The highest BCUT2D eigenvalue weighted by Crippen LogP contribution is 2.52. The Kier molecular flexibility index (Phi) is 4.44. The number of rotatable bonds is 3. The van der Waals surface area contributed by atoms with E-state index in [1.54, 1.807) is 0 Å². The van der Waals surface area contributed by atoms with E-state index in [0.29, 0.717) is 10.6 Å². The van der Waals surface area contributed by atoms with Crippen molar-refractivity contribution in [3.05, 3.63) is 40.3 Å². The molecule has 3 fully saturated rings. The smallest absolute Gasteiger partial charge is 0.252 e. The van der Waals surface area contributed by atoms with Gasteiger partial charge < -0.3 is 10.5 Å². The molecule has 3 aliphatic rings. The quantitative estimate of drug-likeness (QED) is 0.739. The van der Waals surface area contributed by atoms with Gasteiger partial charge in [-0.2, -0.15) is 0 Å². The third-order valence-corrected chi connectivity index (χ3v) is 7.93. The fourth-order valence-electron chi connectivity index (χ4n) is 5.31. The van der Waals surface area contributed by atoms with E-state index in [1.807, 2.05) is 31.2 Å². The predicted octanol–water partition coefficient (Wildman–Crippen LogP) is 3.79. The number of anilines is 1. The summed E-state index contributed by atoms with van der Waals surface area (Å²) in [4.78, 5) is 41.1. The van der Waals surface area contributed by atoms with Crippen LogP contribution in [0.5, 0.6) is 0 Å². The number of hydrogen-bond acceptors (Lipinski definition) is 5. The number of primary amides is 1. The van der Waals surface area contributed by atoms with Crippen LogP contribution in [0, 0.1) is 18.8 Å². The summed E-state index contributed by atoms with van der Waals surface area (Å²) in [7, 11) is 0. The van der Waals surface area contributed by atoms with Crippen molar-refractivity contribution in [1.82, 2.24) is 0 Å². The van der Waals surface area contributed by atoms with Crippen LogP contribution in [0.25, 0.3) is 11.1 Å². The molecule has 31 heavy (non-hydrogen) atoms. The van der Waals surface area contributed by atoms with Crippen molar-refractivity contribution in [2.24, 2.45) is 17.6 Å². The Morgan fingerprint density at radius 3 is 2.10 bits per heavy atom. The highest BCUT2D eigenvalue weighted by atomic mass is 32.1. The third kappa shape index (κ3) is 2.90. The zero-order chi connectivity index (χ0) is 22.2. The lowest BCUT2D eigenvalue weighted by molar-refractivity contribution is -0.124. The lowest BCUT2D eigenvalue weighted by Gasteiger charge is -2.19. The molecule has 0 radical (unpaired) electrons. The Bertz CT molecular complexity index is 1080. The van der Waals surface area contributed by atoms with Crippen molar-refractivity contribution >= 4 is 34.1 Å². The molecule has 7 heteroatoms. The van der Waals surface area contributed by atoms with E-state index in [-0.39, 0.29) is 35.0 Å². The lowest BCUT2D eigenvalue weighted by atomic mass is 9.81. The molecule has 162 valence electrons. The van der Waals surface area contributed by atoms with Gasteiger partial charge in [0.05, 0.1) is 29.6 Å². The van der Waals surface area contributed by atoms with Crippen molar-refractivity contribution in [1.29, 1.82) is 0 Å². The van der Waals surface area contributed by atoms with Gasteiger partial charge in [0.25, 0.3) is 5.91 Å². The van der Waals surface area contributed by atoms with Gasteiger partial charge in [0.1, 0.15) is 5.00 Å². The second kappa shape index (κ2) is 6.74. The maximum atomic E-state index is 13.3. The standard InChI is InChI=1S/C24H26N2O4S/c1-11-16(12-5-7-13(8-6-12)24(2,3)4)19(20(25)27)23(31-11)26-21(28)17-14-9-10-15(30-14)18(17)22(26)29/h5-8,14-15,17-18H,9-10H2,1-4H3,(H2,25,27)/t14-,15+,17-,18+. The number of hydrogen-bond donors (Lipinski definition) is 1.